The van der Waals surface area contributed by atoms with Crippen LogP contribution in [-0.2, 0) is 0 Å². The van der Waals surface area contributed by atoms with Gasteiger partial charge in [-0.1, -0.05) is 36.8 Å². The van der Waals surface area contributed by atoms with Crippen molar-refractivity contribution in [3.8, 4) is 0 Å². The van der Waals surface area contributed by atoms with Crippen LogP contribution in [-0.4, -0.2) is 30.4 Å². The minimum Gasteiger partial charge on any atom is -0.363 e. The molecule has 1 heterocycles. The molecule has 18 heavy (non-hydrogen) atoms. The number of hydrogen-bond donors (Lipinski definition) is 0. The van der Waals surface area contributed by atoms with Crippen LogP contribution in [0.2, 0.25) is 0 Å². The Morgan fingerprint density at radius 1 is 1.11 bits per heavy atom. The Balaban J connectivity index is 1.80. The van der Waals surface area contributed by atoms with Gasteiger partial charge in [0.1, 0.15) is 0 Å². The second kappa shape index (κ2) is 5.13. The molecule has 2 unspecified atom stereocenters. The van der Waals surface area contributed by atoms with E-state index in [1.165, 1.54) is 50.0 Å². The molecule has 1 aromatic rings. The van der Waals surface area contributed by atoms with Crippen molar-refractivity contribution in [3.05, 3.63) is 35.9 Å². The number of rotatable bonds is 2. The third-order valence-electron chi connectivity index (χ3n) is 4.36. The van der Waals surface area contributed by atoms with Crippen LogP contribution in [0.1, 0.15) is 43.6 Å². The minimum absolute atomic E-state index is 0.517. The van der Waals surface area contributed by atoms with Crippen LogP contribution in [0.5, 0.6) is 0 Å². The van der Waals surface area contributed by atoms with Crippen LogP contribution in [0.4, 0.5) is 0 Å². The Labute approximate surface area is 110 Å². The van der Waals surface area contributed by atoms with Crippen molar-refractivity contribution in [2.24, 2.45) is 4.99 Å². The van der Waals surface area contributed by atoms with Crippen LogP contribution in [0.15, 0.2) is 35.3 Å². The number of likely N-dealkylation sites (tertiary alicyclic amines) is 1. The normalized spacial score (nSPS) is 30.3. The largest absolute Gasteiger partial charge is 0.363 e. The number of benzene rings is 1. The molecule has 1 saturated carbocycles. The van der Waals surface area contributed by atoms with Crippen molar-refractivity contribution >= 4 is 5.84 Å². The zero-order chi connectivity index (χ0) is 12.4. The molecule has 2 fully saturated rings. The molecule has 2 heteroatoms. The van der Waals surface area contributed by atoms with Crippen LogP contribution in [0.25, 0.3) is 0 Å². The van der Waals surface area contributed by atoms with Gasteiger partial charge in [0.2, 0.25) is 0 Å². The molecule has 1 aliphatic heterocycles. The van der Waals surface area contributed by atoms with E-state index in [9.17, 15) is 0 Å². The van der Waals surface area contributed by atoms with E-state index in [0.29, 0.717) is 12.0 Å². The quantitative estimate of drug-likeness (QED) is 0.775. The lowest BCUT2D eigenvalue weighted by Gasteiger charge is -2.19. The molecule has 0 bridgehead atoms. The molecule has 1 aliphatic carbocycles. The second-order valence-electron chi connectivity index (χ2n) is 5.59. The van der Waals surface area contributed by atoms with E-state index in [1.54, 1.807) is 0 Å². The second-order valence-corrected chi connectivity index (χ2v) is 5.59. The maximum Gasteiger partial charge on any atom is 0.0990 e. The van der Waals surface area contributed by atoms with Gasteiger partial charge in [-0.3, -0.25) is 4.99 Å². The molecule has 0 radical (unpaired) electrons. The minimum atomic E-state index is 0.517. The third kappa shape index (κ3) is 2.29. The Morgan fingerprint density at radius 2 is 1.94 bits per heavy atom. The average molecular weight is 242 g/mol. The van der Waals surface area contributed by atoms with E-state index in [4.69, 9.17) is 4.99 Å². The fraction of sp³-hybridized carbons (Fsp3) is 0.562. The van der Waals surface area contributed by atoms with Gasteiger partial charge in [-0.2, -0.15) is 0 Å². The molecule has 1 saturated heterocycles. The van der Waals surface area contributed by atoms with Crippen molar-refractivity contribution in [1.29, 1.82) is 0 Å². The maximum absolute atomic E-state index is 5.06. The van der Waals surface area contributed by atoms with Crippen LogP contribution in [0, 0.1) is 0 Å². The smallest absolute Gasteiger partial charge is 0.0990 e. The molecule has 96 valence electrons. The van der Waals surface area contributed by atoms with Crippen LogP contribution >= 0.6 is 0 Å². The number of hydrogen-bond acceptors (Lipinski definition) is 1. The summed E-state index contributed by atoms with van der Waals surface area (Å²) in [6.45, 7) is 1.18. The fourth-order valence-electron chi connectivity index (χ4n) is 3.33. The van der Waals surface area contributed by atoms with Gasteiger partial charge in [-0.05, 0) is 24.8 Å². The molecule has 0 N–H and O–H groups in total. The summed E-state index contributed by atoms with van der Waals surface area (Å²) in [5.74, 6) is 1.98. The predicted molar refractivity (Wildman–Crippen MR) is 76.1 cm³/mol. The topological polar surface area (TPSA) is 15.6 Å². The molecular weight excluding hydrogens is 220 g/mol. The molecule has 0 aromatic heterocycles. The van der Waals surface area contributed by atoms with Gasteiger partial charge >= 0.3 is 0 Å². The van der Waals surface area contributed by atoms with Gasteiger partial charge in [0.15, 0.2) is 0 Å². The zero-order valence-corrected chi connectivity index (χ0v) is 11.2. The highest BCUT2D eigenvalue weighted by Crippen LogP contribution is 2.37. The lowest BCUT2D eigenvalue weighted by atomic mass is 9.94. The Hall–Kier alpha value is -1.31. The monoisotopic (exact) mass is 242 g/mol. The molecule has 2 atom stereocenters. The first-order valence-corrected chi connectivity index (χ1v) is 7.17. The summed E-state index contributed by atoms with van der Waals surface area (Å²) in [7, 11) is 2.18. The molecule has 0 amide bonds. The Bertz CT molecular complexity index is 424. The number of aliphatic imine (C=N–C) groups is 1. The Kier molecular flexibility index (Phi) is 3.35. The summed E-state index contributed by atoms with van der Waals surface area (Å²) in [5, 5.41) is 0. The highest BCUT2D eigenvalue weighted by molar-refractivity contribution is 5.84. The van der Waals surface area contributed by atoms with Gasteiger partial charge in [0.05, 0.1) is 11.9 Å². The van der Waals surface area contributed by atoms with E-state index < -0.39 is 0 Å². The summed E-state index contributed by atoms with van der Waals surface area (Å²) < 4.78 is 0. The van der Waals surface area contributed by atoms with Crippen molar-refractivity contribution in [2.75, 3.05) is 13.6 Å². The predicted octanol–water partition coefficient (Wildman–Crippen LogP) is 3.45. The van der Waals surface area contributed by atoms with E-state index in [1.807, 2.05) is 0 Å². The van der Waals surface area contributed by atoms with E-state index in [-0.39, 0.29) is 0 Å². The standard InChI is InChI=1S/C16H22N2/c1-18-12-6-11-16(18)17-15-10-5-9-14(15)13-7-3-2-4-8-13/h2-4,7-8,14-15H,5-6,9-12H2,1H3. The highest BCUT2D eigenvalue weighted by atomic mass is 15.2. The van der Waals surface area contributed by atoms with E-state index in [2.05, 4.69) is 42.3 Å². The summed E-state index contributed by atoms with van der Waals surface area (Å²) in [4.78, 5) is 7.39. The molecular formula is C16H22N2. The lowest BCUT2D eigenvalue weighted by Crippen LogP contribution is -2.22. The van der Waals surface area contributed by atoms with Crippen molar-refractivity contribution < 1.29 is 0 Å². The molecule has 1 aromatic carbocycles. The summed E-state index contributed by atoms with van der Waals surface area (Å²) >= 11 is 0. The van der Waals surface area contributed by atoms with Crippen LogP contribution in [0.3, 0.4) is 0 Å². The first kappa shape index (κ1) is 11.8. The molecule has 2 aliphatic rings. The van der Waals surface area contributed by atoms with Gasteiger partial charge < -0.3 is 4.90 Å². The van der Waals surface area contributed by atoms with Gasteiger partial charge in [-0.15, -0.1) is 0 Å². The summed E-state index contributed by atoms with van der Waals surface area (Å²) in [5.41, 5.74) is 1.48. The van der Waals surface area contributed by atoms with Crippen molar-refractivity contribution in [1.82, 2.24) is 4.90 Å². The average Bonchev–Trinajstić information content (AvgIpc) is 3.01. The highest BCUT2D eigenvalue weighted by Gasteiger charge is 2.29. The SMILES string of the molecule is CN1CCCC1=NC1CCCC1c1ccccc1. The lowest BCUT2D eigenvalue weighted by molar-refractivity contribution is 0.534. The zero-order valence-electron chi connectivity index (χ0n) is 11.2. The molecule has 0 spiro atoms. The first-order chi connectivity index (χ1) is 8.84. The number of nitrogens with zero attached hydrogens (tertiary/aromatic N) is 2. The van der Waals surface area contributed by atoms with Crippen molar-refractivity contribution in [2.45, 2.75) is 44.1 Å². The van der Waals surface area contributed by atoms with Crippen LogP contribution < -0.4 is 0 Å². The third-order valence-corrected chi connectivity index (χ3v) is 4.36. The van der Waals surface area contributed by atoms with Gasteiger partial charge in [0, 0.05) is 25.9 Å². The summed E-state index contributed by atoms with van der Waals surface area (Å²) in [6.07, 6.45) is 6.34. The summed E-state index contributed by atoms with van der Waals surface area (Å²) in [6, 6.07) is 11.5. The van der Waals surface area contributed by atoms with E-state index >= 15 is 0 Å². The molecule has 3 rings (SSSR count). The van der Waals surface area contributed by atoms with Gasteiger partial charge in [0.25, 0.3) is 0 Å². The van der Waals surface area contributed by atoms with Crippen molar-refractivity contribution in [3.63, 3.8) is 0 Å². The van der Waals surface area contributed by atoms with E-state index in [0.717, 1.165) is 0 Å². The number of amidine groups is 1. The first-order valence-electron chi connectivity index (χ1n) is 7.17. The Morgan fingerprint density at radius 3 is 2.67 bits per heavy atom. The maximum atomic E-state index is 5.06. The molecule has 2 nitrogen and oxygen atoms in total. The fourth-order valence-corrected chi connectivity index (χ4v) is 3.33. The van der Waals surface area contributed by atoms with Gasteiger partial charge in [-0.25, -0.2) is 0 Å².